The van der Waals surface area contributed by atoms with Crippen LogP contribution in [-0.2, 0) is 0 Å². The maximum absolute atomic E-state index is 6.09. The number of hydrogen-bond acceptors (Lipinski definition) is 5. The van der Waals surface area contributed by atoms with Gasteiger partial charge >= 0.3 is 0 Å². The molecule has 4 rings (SSSR count). The maximum atomic E-state index is 6.09. The topological polar surface area (TPSA) is 61.0 Å². The summed E-state index contributed by atoms with van der Waals surface area (Å²) in [7, 11) is 0. The van der Waals surface area contributed by atoms with Crippen molar-refractivity contribution in [2.24, 2.45) is 0 Å². The van der Waals surface area contributed by atoms with Crippen molar-refractivity contribution in [1.82, 2.24) is 15.2 Å². The Hall–Kier alpha value is -3.21. The molecule has 1 aromatic carbocycles. The van der Waals surface area contributed by atoms with Gasteiger partial charge in [-0.2, -0.15) is 10.2 Å². The minimum absolute atomic E-state index is 0.629. The Kier molecular flexibility index (Phi) is 3.24. The summed E-state index contributed by atoms with van der Waals surface area (Å²) in [6, 6.07) is 13.3. The third kappa shape index (κ3) is 2.42. The number of nitrogens with zero attached hydrogens (tertiary/aromatic N) is 3. The largest absolute Gasteiger partial charge is 0.453 e. The quantitative estimate of drug-likeness (QED) is 0.562. The zero-order chi connectivity index (χ0) is 15.6. The first-order valence-electron chi connectivity index (χ1n) is 7.21. The van der Waals surface area contributed by atoms with Crippen LogP contribution in [0.2, 0.25) is 0 Å². The first-order chi connectivity index (χ1) is 11.3. The number of ether oxygens (including phenoxy) is 1. The van der Waals surface area contributed by atoms with Crippen molar-refractivity contribution in [3.05, 3.63) is 66.7 Å². The number of aromatic nitrogens is 3. The Balaban J connectivity index is 1.93. The van der Waals surface area contributed by atoms with Crippen LogP contribution < -0.4 is 4.74 Å². The number of fused-ring (bicyclic) bond motifs is 1. The second kappa shape index (κ2) is 5.53. The van der Waals surface area contributed by atoms with Gasteiger partial charge in [-0.25, -0.2) is 0 Å². The van der Waals surface area contributed by atoms with E-state index < -0.39 is 0 Å². The zero-order valence-electron chi connectivity index (χ0n) is 12.4. The molecule has 4 aromatic rings. The van der Waals surface area contributed by atoms with Gasteiger partial charge in [-0.1, -0.05) is 18.2 Å². The van der Waals surface area contributed by atoms with Gasteiger partial charge in [-0.15, -0.1) is 0 Å². The van der Waals surface area contributed by atoms with Crippen molar-refractivity contribution in [2.45, 2.75) is 6.92 Å². The molecule has 0 N–H and O–H groups in total. The molecule has 3 heterocycles. The SMILES string of the molecule is Cc1nnccc1-c1oc2ccncc2c1Oc1ccccc1. The summed E-state index contributed by atoms with van der Waals surface area (Å²) in [4.78, 5) is 4.18. The highest BCUT2D eigenvalue weighted by molar-refractivity contribution is 5.91. The molecule has 3 aromatic heterocycles. The third-order valence-electron chi connectivity index (χ3n) is 3.56. The molecular weight excluding hydrogens is 290 g/mol. The fraction of sp³-hybridized carbons (Fsp3) is 0.0556. The van der Waals surface area contributed by atoms with Crippen molar-refractivity contribution < 1.29 is 9.15 Å². The standard InChI is InChI=1S/C18H13N3O2/c1-12-14(7-10-20-21-12)17-18(22-13-5-3-2-4-6-13)15-11-19-9-8-16(15)23-17/h2-11H,1H3. The number of benzene rings is 1. The molecule has 0 unspecified atom stereocenters. The van der Waals surface area contributed by atoms with E-state index in [9.17, 15) is 0 Å². The van der Waals surface area contributed by atoms with Gasteiger partial charge in [0, 0.05) is 18.0 Å². The van der Waals surface area contributed by atoms with Crippen LogP contribution in [0.1, 0.15) is 5.69 Å². The van der Waals surface area contributed by atoms with Crippen LogP contribution >= 0.6 is 0 Å². The first kappa shape index (κ1) is 13.5. The smallest absolute Gasteiger partial charge is 0.183 e. The predicted octanol–water partition coefficient (Wildman–Crippen LogP) is 4.39. The molecule has 112 valence electrons. The second-order valence-corrected chi connectivity index (χ2v) is 5.08. The van der Waals surface area contributed by atoms with E-state index in [1.54, 1.807) is 18.6 Å². The second-order valence-electron chi connectivity index (χ2n) is 5.08. The molecular formula is C18H13N3O2. The lowest BCUT2D eigenvalue weighted by molar-refractivity contribution is 0.477. The number of para-hydroxylation sites is 1. The fourth-order valence-electron chi connectivity index (χ4n) is 2.45. The monoisotopic (exact) mass is 303 g/mol. The molecule has 23 heavy (non-hydrogen) atoms. The van der Waals surface area contributed by atoms with Gasteiger partial charge in [0.05, 0.1) is 17.3 Å². The summed E-state index contributed by atoms with van der Waals surface area (Å²) in [6.07, 6.45) is 5.07. The van der Waals surface area contributed by atoms with Gasteiger partial charge in [0.25, 0.3) is 0 Å². The number of rotatable bonds is 3. The lowest BCUT2D eigenvalue weighted by Gasteiger charge is -2.07. The Labute approximate surface area is 132 Å². The molecule has 5 nitrogen and oxygen atoms in total. The molecule has 0 amide bonds. The zero-order valence-corrected chi connectivity index (χ0v) is 12.4. The van der Waals surface area contributed by atoms with Crippen LogP contribution in [0.4, 0.5) is 0 Å². The lowest BCUT2D eigenvalue weighted by atomic mass is 10.1. The van der Waals surface area contributed by atoms with Gasteiger partial charge < -0.3 is 9.15 Å². The average Bonchev–Trinajstić information content (AvgIpc) is 2.95. The third-order valence-corrected chi connectivity index (χ3v) is 3.56. The molecule has 0 atom stereocenters. The van der Waals surface area contributed by atoms with Gasteiger partial charge in [0.1, 0.15) is 11.3 Å². The van der Waals surface area contributed by atoms with Crippen molar-refractivity contribution in [2.75, 3.05) is 0 Å². The first-order valence-corrected chi connectivity index (χ1v) is 7.21. The summed E-state index contributed by atoms with van der Waals surface area (Å²) in [5.41, 5.74) is 2.34. The maximum Gasteiger partial charge on any atom is 0.183 e. The number of aryl methyl sites for hydroxylation is 1. The normalized spacial score (nSPS) is 10.8. The number of furan rings is 1. The van der Waals surface area contributed by atoms with Crippen LogP contribution in [0.15, 0.2) is 65.5 Å². The van der Waals surface area contributed by atoms with Gasteiger partial charge in [0.15, 0.2) is 11.5 Å². The summed E-state index contributed by atoms with van der Waals surface area (Å²) >= 11 is 0. The number of pyridine rings is 1. The minimum Gasteiger partial charge on any atom is -0.453 e. The number of hydrogen-bond donors (Lipinski definition) is 0. The van der Waals surface area contributed by atoms with Gasteiger partial charge in [-0.3, -0.25) is 4.98 Å². The van der Waals surface area contributed by atoms with E-state index in [-0.39, 0.29) is 0 Å². The molecule has 5 heteroatoms. The van der Waals surface area contributed by atoms with E-state index in [0.717, 1.165) is 28.0 Å². The van der Waals surface area contributed by atoms with Crippen LogP contribution in [0, 0.1) is 6.92 Å². The summed E-state index contributed by atoms with van der Waals surface area (Å²) in [5, 5.41) is 8.81. The highest BCUT2D eigenvalue weighted by atomic mass is 16.5. The molecule has 0 bridgehead atoms. The van der Waals surface area contributed by atoms with E-state index in [1.807, 2.05) is 49.4 Å². The molecule has 0 aliphatic rings. The fourth-order valence-corrected chi connectivity index (χ4v) is 2.45. The van der Waals surface area contributed by atoms with Crippen LogP contribution in [-0.4, -0.2) is 15.2 Å². The van der Waals surface area contributed by atoms with Crippen molar-refractivity contribution in [3.63, 3.8) is 0 Å². The van der Waals surface area contributed by atoms with E-state index >= 15 is 0 Å². The van der Waals surface area contributed by atoms with Crippen molar-refractivity contribution in [1.29, 1.82) is 0 Å². The highest BCUT2D eigenvalue weighted by Gasteiger charge is 2.20. The van der Waals surface area contributed by atoms with Gasteiger partial charge in [-0.05, 0) is 31.2 Å². The highest BCUT2D eigenvalue weighted by Crippen LogP contribution is 2.42. The Bertz CT molecular complexity index is 964. The molecule has 0 saturated heterocycles. The van der Waals surface area contributed by atoms with Crippen LogP contribution in [0.5, 0.6) is 11.5 Å². The summed E-state index contributed by atoms with van der Waals surface area (Å²) < 4.78 is 12.1. The van der Waals surface area contributed by atoms with E-state index in [0.29, 0.717) is 11.5 Å². The Morgan fingerprint density at radius 2 is 1.87 bits per heavy atom. The molecule has 0 radical (unpaired) electrons. The molecule has 0 fully saturated rings. The van der Waals surface area contributed by atoms with Crippen molar-refractivity contribution >= 4 is 11.0 Å². The van der Waals surface area contributed by atoms with E-state index in [2.05, 4.69) is 15.2 Å². The Morgan fingerprint density at radius 3 is 2.70 bits per heavy atom. The van der Waals surface area contributed by atoms with Crippen molar-refractivity contribution in [3.8, 4) is 22.8 Å². The molecule has 0 aliphatic heterocycles. The van der Waals surface area contributed by atoms with Gasteiger partial charge in [0.2, 0.25) is 0 Å². The molecule has 0 saturated carbocycles. The average molecular weight is 303 g/mol. The minimum atomic E-state index is 0.629. The Morgan fingerprint density at radius 1 is 1.00 bits per heavy atom. The predicted molar refractivity (Wildman–Crippen MR) is 86.3 cm³/mol. The summed E-state index contributed by atoms with van der Waals surface area (Å²) in [6.45, 7) is 1.89. The summed E-state index contributed by atoms with van der Waals surface area (Å²) in [5.74, 6) is 2.00. The van der Waals surface area contributed by atoms with E-state index in [1.165, 1.54) is 0 Å². The van der Waals surface area contributed by atoms with Crippen LogP contribution in [0.25, 0.3) is 22.3 Å². The van der Waals surface area contributed by atoms with E-state index in [4.69, 9.17) is 9.15 Å². The van der Waals surface area contributed by atoms with Crippen LogP contribution in [0.3, 0.4) is 0 Å². The lowest BCUT2D eigenvalue weighted by Crippen LogP contribution is -1.91. The molecule has 0 spiro atoms. The molecule has 0 aliphatic carbocycles.